The van der Waals surface area contributed by atoms with Crippen LogP contribution in [-0.4, -0.2) is 40.0 Å². The average Bonchev–Trinajstić information content (AvgIpc) is 2.59. The van der Waals surface area contributed by atoms with E-state index in [0.717, 1.165) is 22.4 Å². The maximum atomic E-state index is 12.8. The summed E-state index contributed by atoms with van der Waals surface area (Å²) >= 11 is 0. The third-order valence-corrected chi connectivity index (χ3v) is 4.01. The maximum absolute atomic E-state index is 12.8. The molecule has 0 saturated heterocycles. The molecule has 0 radical (unpaired) electrons. The molecule has 0 atom stereocenters. The normalized spacial score (nSPS) is 10.7. The minimum Gasteiger partial charge on any atom is -0.488 e. The SMILES string of the molecule is Cc1cc(C(=O)N(CC(=O)O)CC(C)C)cc(C)c1OCc1cccnc1. The van der Waals surface area contributed by atoms with Crippen LogP contribution in [0.2, 0.25) is 0 Å². The van der Waals surface area contributed by atoms with Crippen molar-refractivity contribution in [2.75, 3.05) is 13.1 Å². The van der Waals surface area contributed by atoms with Crippen molar-refractivity contribution in [3.63, 3.8) is 0 Å². The highest BCUT2D eigenvalue weighted by Crippen LogP contribution is 2.26. The van der Waals surface area contributed by atoms with Gasteiger partial charge in [-0.1, -0.05) is 19.9 Å². The van der Waals surface area contributed by atoms with Gasteiger partial charge in [0.15, 0.2) is 0 Å². The van der Waals surface area contributed by atoms with Crippen LogP contribution in [0.4, 0.5) is 0 Å². The van der Waals surface area contributed by atoms with Crippen LogP contribution >= 0.6 is 0 Å². The summed E-state index contributed by atoms with van der Waals surface area (Å²) in [4.78, 5) is 29.4. The van der Waals surface area contributed by atoms with Gasteiger partial charge in [0.1, 0.15) is 18.9 Å². The summed E-state index contributed by atoms with van der Waals surface area (Å²) in [6.45, 7) is 8.14. The number of aryl methyl sites for hydroxylation is 2. The number of carboxylic acids is 1. The Labute approximate surface area is 159 Å². The lowest BCUT2D eigenvalue weighted by Gasteiger charge is -2.23. The minimum absolute atomic E-state index is 0.178. The molecule has 2 aromatic rings. The first-order chi connectivity index (χ1) is 12.8. The lowest BCUT2D eigenvalue weighted by Crippen LogP contribution is -2.38. The van der Waals surface area contributed by atoms with Crippen molar-refractivity contribution in [3.05, 3.63) is 58.9 Å². The van der Waals surface area contributed by atoms with Crippen LogP contribution in [0.1, 0.15) is 40.9 Å². The predicted octanol–water partition coefficient (Wildman–Crippen LogP) is 3.46. The second-order valence-electron chi connectivity index (χ2n) is 7.06. The van der Waals surface area contributed by atoms with E-state index in [1.807, 2.05) is 39.8 Å². The van der Waals surface area contributed by atoms with E-state index in [2.05, 4.69) is 4.98 Å². The number of pyridine rings is 1. The van der Waals surface area contributed by atoms with Crippen molar-refractivity contribution >= 4 is 11.9 Å². The van der Waals surface area contributed by atoms with E-state index in [9.17, 15) is 9.59 Å². The molecule has 0 unspecified atom stereocenters. The summed E-state index contributed by atoms with van der Waals surface area (Å²) in [7, 11) is 0. The highest BCUT2D eigenvalue weighted by Gasteiger charge is 2.21. The van der Waals surface area contributed by atoms with Crippen LogP contribution in [0.5, 0.6) is 5.75 Å². The summed E-state index contributed by atoms with van der Waals surface area (Å²) in [5.74, 6) is -0.397. The molecule has 0 spiro atoms. The number of aliphatic carboxylic acids is 1. The molecule has 2 rings (SSSR count). The third-order valence-electron chi connectivity index (χ3n) is 4.01. The molecule has 1 aromatic carbocycles. The number of benzene rings is 1. The highest BCUT2D eigenvalue weighted by molar-refractivity contribution is 5.96. The van der Waals surface area contributed by atoms with E-state index < -0.39 is 5.97 Å². The smallest absolute Gasteiger partial charge is 0.323 e. The van der Waals surface area contributed by atoms with Gasteiger partial charge in [0.2, 0.25) is 0 Å². The standard InChI is InChI=1S/C21H26N2O4/c1-14(2)11-23(12-19(24)25)21(26)18-8-15(3)20(16(4)9-18)27-13-17-6-5-7-22-10-17/h5-10,14H,11-13H2,1-4H3,(H,24,25). The molecule has 0 aliphatic rings. The lowest BCUT2D eigenvalue weighted by molar-refractivity contribution is -0.137. The van der Waals surface area contributed by atoms with Gasteiger partial charge in [-0.2, -0.15) is 0 Å². The molecule has 144 valence electrons. The number of hydrogen-bond donors (Lipinski definition) is 1. The van der Waals surface area contributed by atoms with E-state index in [0.29, 0.717) is 18.7 Å². The van der Waals surface area contributed by atoms with Crippen molar-refractivity contribution in [1.82, 2.24) is 9.88 Å². The molecule has 1 aromatic heterocycles. The Hall–Kier alpha value is -2.89. The summed E-state index contributed by atoms with van der Waals surface area (Å²) in [6, 6.07) is 7.30. The molecule has 6 nitrogen and oxygen atoms in total. The number of carbonyl (C=O) groups is 2. The molecule has 1 heterocycles. The number of nitrogens with zero attached hydrogens (tertiary/aromatic N) is 2. The summed E-state index contributed by atoms with van der Waals surface area (Å²) in [5, 5.41) is 9.11. The van der Waals surface area contributed by atoms with Gasteiger partial charge in [-0.25, -0.2) is 0 Å². The zero-order valence-corrected chi connectivity index (χ0v) is 16.2. The third kappa shape index (κ3) is 5.81. The predicted molar refractivity (Wildman–Crippen MR) is 103 cm³/mol. The van der Waals surface area contributed by atoms with Crippen LogP contribution < -0.4 is 4.74 Å². The second-order valence-corrected chi connectivity index (χ2v) is 7.06. The molecule has 0 saturated carbocycles. The van der Waals surface area contributed by atoms with Crippen molar-refractivity contribution in [2.24, 2.45) is 5.92 Å². The quantitative estimate of drug-likeness (QED) is 0.770. The second kappa shape index (κ2) is 9.16. The number of carbonyl (C=O) groups excluding carboxylic acids is 1. The molecule has 0 fully saturated rings. The monoisotopic (exact) mass is 370 g/mol. The lowest BCUT2D eigenvalue weighted by atomic mass is 10.0. The minimum atomic E-state index is -1.02. The fourth-order valence-corrected chi connectivity index (χ4v) is 2.95. The Kier molecular flexibility index (Phi) is 6.93. The van der Waals surface area contributed by atoms with Gasteiger partial charge in [-0.3, -0.25) is 14.6 Å². The molecule has 1 amide bonds. The number of rotatable bonds is 8. The summed E-state index contributed by atoms with van der Waals surface area (Å²) < 4.78 is 5.92. The van der Waals surface area contributed by atoms with E-state index in [1.54, 1.807) is 24.5 Å². The van der Waals surface area contributed by atoms with E-state index in [4.69, 9.17) is 9.84 Å². The molecule has 1 N–H and O–H groups in total. The number of amides is 1. The van der Waals surface area contributed by atoms with E-state index >= 15 is 0 Å². The zero-order chi connectivity index (χ0) is 20.0. The highest BCUT2D eigenvalue weighted by atomic mass is 16.5. The molecule has 27 heavy (non-hydrogen) atoms. The van der Waals surface area contributed by atoms with E-state index in [-0.39, 0.29) is 18.4 Å². The summed E-state index contributed by atoms with van der Waals surface area (Å²) in [6.07, 6.45) is 3.46. The Bertz CT molecular complexity index is 780. The van der Waals surface area contributed by atoms with Crippen LogP contribution in [0.25, 0.3) is 0 Å². The fourth-order valence-electron chi connectivity index (χ4n) is 2.95. The number of hydrogen-bond acceptors (Lipinski definition) is 4. The number of ether oxygens (including phenoxy) is 1. The van der Waals surface area contributed by atoms with Crippen LogP contribution in [0, 0.1) is 19.8 Å². The fraction of sp³-hybridized carbons (Fsp3) is 0.381. The first-order valence-corrected chi connectivity index (χ1v) is 8.92. The van der Waals surface area contributed by atoms with Gasteiger partial charge in [0, 0.05) is 30.1 Å². The average molecular weight is 370 g/mol. The van der Waals surface area contributed by atoms with Crippen LogP contribution in [-0.2, 0) is 11.4 Å². The van der Waals surface area contributed by atoms with Crippen molar-refractivity contribution in [3.8, 4) is 5.75 Å². The number of carboxylic acid groups (broad SMARTS) is 1. The molecular weight excluding hydrogens is 344 g/mol. The molecule has 0 aliphatic carbocycles. The largest absolute Gasteiger partial charge is 0.488 e. The van der Waals surface area contributed by atoms with Crippen LogP contribution in [0.3, 0.4) is 0 Å². The molecule has 6 heteroatoms. The molecule has 0 aliphatic heterocycles. The van der Waals surface area contributed by atoms with Gasteiger partial charge in [0.25, 0.3) is 5.91 Å². The van der Waals surface area contributed by atoms with Crippen molar-refractivity contribution in [1.29, 1.82) is 0 Å². The Morgan fingerprint density at radius 3 is 2.41 bits per heavy atom. The van der Waals surface area contributed by atoms with Crippen LogP contribution in [0.15, 0.2) is 36.7 Å². The van der Waals surface area contributed by atoms with Gasteiger partial charge in [-0.15, -0.1) is 0 Å². The Morgan fingerprint density at radius 1 is 1.22 bits per heavy atom. The zero-order valence-electron chi connectivity index (χ0n) is 16.2. The molecular formula is C21H26N2O4. The topological polar surface area (TPSA) is 79.7 Å². The van der Waals surface area contributed by atoms with Crippen molar-refractivity contribution < 1.29 is 19.4 Å². The maximum Gasteiger partial charge on any atom is 0.323 e. The van der Waals surface area contributed by atoms with E-state index in [1.165, 1.54) is 4.90 Å². The first kappa shape index (κ1) is 20.4. The summed E-state index contributed by atoms with van der Waals surface area (Å²) in [5.41, 5.74) is 3.10. The van der Waals surface area contributed by atoms with Gasteiger partial charge in [-0.05, 0) is 49.1 Å². The Balaban J connectivity index is 2.20. The number of aromatic nitrogens is 1. The van der Waals surface area contributed by atoms with Gasteiger partial charge < -0.3 is 14.7 Å². The first-order valence-electron chi connectivity index (χ1n) is 8.92. The van der Waals surface area contributed by atoms with Gasteiger partial charge in [0.05, 0.1) is 0 Å². The van der Waals surface area contributed by atoms with Crippen molar-refractivity contribution in [2.45, 2.75) is 34.3 Å². The van der Waals surface area contributed by atoms with Gasteiger partial charge >= 0.3 is 5.97 Å². The Morgan fingerprint density at radius 2 is 1.89 bits per heavy atom. The molecule has 0 bridgehead atoms.